The van der Waals surface area contributed by atoms with Crippen LogP contribution in [0.2, 0.25) is 0 Å². The molecule has 0 aliphatic rings. The zero-order valence-corrected chi connectivity index (χ0v) is 53.2. The molecule has 0 aliphatic heterocycles. The molecule has 10 amide bonds. The molecule has 540 valence electrons. The first-order chi connectivity index (χ1) is 43.8. The predicted molar refractivity (Wildman–Crippen MR) is 335 cm³/mol. The van der Waals surface area contributed by atoms with Crippen LogP contribution >= 0.6 is 0 Å². The zero-order valence-electron chi connectivity index (χ0n) is 53.2. The topological polar surface area (TPSA) is 492 Å². The molecule has 4 atom stereocenters. The molecular formula is C58H102N10O26. The minimum Gasteiger partial charge on any atom is -0.480 e. The van der Waals surface area contributed by atoms with Gasteiger partial charge in [0.25, 0.3) is 0 Å². The van der Waals surface area contributed by atoms with Gasteiger partial charge in [-0.2, -0.15) is 0 Å². The van der Waals surface area contributed by atoms with Gasteiger partial charge in [-0.15, -0.1) is 0 Å². The maximum absolute atomic E-state index is 12.5. The predicted octanol–water partition coefficient (Wildman–Crippen LogP) is 3.93. The van der Waals surface area contributed by atoms with E-state index in [1.165, 1.54) is 28.1 Å². The second-order valence-corrected chi connectivity index (χ2v) is 19.5. The van der Waals surface area contributed by atoms with Crippen LogP contribution in [0.5, 0.6) is 0 Å². The number of carbonyl (C=O) groups is 14. The third kappa shape index (κ3) is 52.1. The molecule has 0 fully saturated rings. The van der Waals surface area contributed by atoms with Crippen LogP contribution in [-0.2, 0) is 76.1 Å². The van der Waals surface area contributed by atoms with Crippen molar-refractivity contribution in [1.29, 1.82) is 0 Å². The maximum Gasteiger partial charge on any atom is 0.407 e. The van der Waals surface area contributed by atoms with Crippen molar-refractivity contribution in [2.75, 3.05) is 107 Å². The van der Waals surface area contributed by atoms with Crippen LogP contribution in [-0.4, -0.2) is 226 Å². The lowest BCUT2D eigenvalue weighted by Gasteiger charge is -2.18. The highest BCUT2D eigenvalue weighted by atomic mass is 16.6. The van der Waals surface area contributed by atoms with Crippen LogP contribution in [0.1, 0.15) is 131 Å². The van der Waals surface area contributed by atoms with Crippen molar-refractivity contribution >= 4 is 84.4 Å². The van der Waals surface area contributed by atoms with E-state index >= 15 is 0 Å². The molecule has 0 aromatic heterocycles. The van der Waals surface area contributed by atoms with E-state index in [9.17, 15) is 67.1 Å². The summed E-state index contributed by atoms with van der Waals surface area (Å²) in [5, 5.41) is 42.8. The molecule has 4 unspecified atom stereocenters. The molecule has 0 aromatic carbocycles. The van der Waals surface area contributed by atoms with Crippen molar-refractivity contribution in [3.63, 3.8) is 0 Å². The van der Waals surface area contributed by atoms with Gasteiger partial charge in [0.05, 0.1) is 68.0 Å². The second-order valence-electron chi connectivity index (χ2n) is 19.5. The summed E-state index contributed by atoms with van der Waals surface area (Å²) in [7, 11) is 4.61. The van der Waals surface area contributed by atoms with Gasteiger partial charge in [-0.3, -0.25) is 9.59 Å². The van der Waals surface area contributed by atoms with E-state index in [1.807, 2.05) is 0 Å². The van der Waals surface area contributed by atoms with Crippen LogP contribution in [0.4, 0.5) is 38.4 Å². The fourth-order valence-electron chi connectivity index (χ4n) is 6.91. The lowest BCUT2D eigenvalue weighted by atomic mass is 10.1. The molecule has 0 rings (SSSR count). The Bertz CT molecular complexity index is 2170. The summed E-state index contributed by atoms with van der Waals surface area (Å²) in [6.45, 7) is 11.4. The highest BCUT2D eigenvalue weighted by Crippen LogP contribution is 2.07. The maximum atomic E-state index is 12.5. The summed E-state index contributed by atoms with van der Waals surface area (Å²) >= 11 is 0. The summed E-state index contributed by atoms with van der Waals surface area (Å²) in [4.78, 5) is 163. The molecule has 12 N–H and O–H groups in total. The number of nitrogens with one attached hydrogen (secondary N) is 10. The van der Waals surface area contributed by atoms with Crippen molar-refractivity contribution in [3.05, 3.63) is 24.3 Å². The largest absolute Gasteiger partial charge is 0.480 e. The number of hydrogen-bond acceptors (Lipinski definition) is 24. The number of carbonyl (C=O) groups excluding carboxylic acids is 12. The molecule has 94 heavy (non-hydrogen) atoms. The van der Waals surface area contributed by atoms with Gasteiger partial charge < -0.3 is 111 Å². The first kappa shape index (κ1) is 90.9. The number of methoxy groups -OCH3 is 4. The van der Waals surface area contributed by atoms with Crippen LogP contribution in [0.3, 0.4) is 0 Å². The Morgan fingerprint density at radius 3 is 0.766 bits per heavy atom. The van der Waals surface area contributed by atoms with E-state index in [1.54, 1.807) is 0 Å². The van der Waals surface area contributed by atoms with E-state index in [2.05, 4.69) is 85.3 Å². The van der Waals surface area contributed by atoms with Gasteiger partial charge >= 0.3 is 72.6 Å². The monoisotopic (exact) mass is 1350 g/mol. The van der Waals surface area contributed by atoms with Crippen LogP contribution in [0.15, 0.2) is 24.3 Å². The lowest BCUT2D eigenvalue weighted by molar-refractivity contribution is -0.140. The minimum atomic E-state index is -1.18. The van der Waals surface area contributed by atoms with Crippen molar-refractivity contribution in [1.82, 2.24) is 53.2 Å². The molecule has 0 heterocycles. The Labute approximate surface area is 548 Å². The second kappa shape index (κ2) is 58.5. The number of amides is 10. The van der Waals surface area contributed by atoms with E-state index in [0.29, 0.717) is 77.0 Å². The Morgan fingerprint density at radius 1 is 0.309 bits per heavy atom. The third-order valence-corrected chi connectivity index (χ3v) is 11.9. The highest BCUT2D eigenvalue weighted by molar-refractivity contribution is 5.88. The molecular weight excluding hydrogens is 1250 g/mol. The van der Waals surface area contributed by atoms with Crippen LogP contribution < -0.4 is 53.2 Å². The molecule has 0 aliphatic carbocycles. The summed E-state index contributed by atoms with van der Waals surface area (Å²) in [5.74, 6) is -4.49. The van der Waals surface area contributed by atoms with Gasteiger partial charge in [-0.25, -0.2) is 57.5 Å². The lowest BCUT2D eigenvalue weighted by Crippen LogP contribution is -2.47. The number of carboxylic acids is 2. The quantitative estimate of drug-likeness (QED) is 0.0178. The molecule has 0 bridgehead atoms. The van der Waals surface area contributed by atoms with E-state index in [-0.39, 0.29) is 131 Å². The molecule has 0 saturated heterocycles. The van der Waals surface area contributed by atoms with E-state index < -0.39 is 109 Å². The van der Waals surface area contributed by atoms with Crippen molar-refractivity contribution < 1.29 is 125 Å². The van der Waals surface area contributed by atoms with Gasteiger partial charge in [0.15, 0.2) is 0 Å². The average molecular weight is 1360 g/mol. The summed E-state index contributed by atoms with van der Waals surface area (Å²) in [5.41, 5.74) is 0.459. The van der Waals surface area contributed by atoms with Crippen molar-refractivity contribution in [2.24, 2.45) is 0 Å². The Morgan fingerprint density at radius 2 is 0.543 bits per heavy atom. The first-order valence-electron chi connectivity index (χ1n) is 29.5. The highest BCUT2D eigenvalue weighted by Gasteiger charge is 2.24. The Kier molecular flexibility index (Phi) is 56.6. The smallest absolute Gasteiger partial charge is 0.407 e. The number of rotatable bonds is 46. The molecule has 0 spiro atoms. The fourth-order valence-corrected chi connectivity index (χ4v) is 6.91. The summed E-state index contributed by atoms with van der Waals surface area (Å²) in [6, 6.07) is -3.96. The normalized spacial score (nSPS) is 11.2. The summed E-state index contributed by atoms with van der Waals surface area (Å²) < 4.78 is 47.9. The van der Waals surface area contributed by atoms with Crippen molar-refractivity contribution in [2.45, 2.75) is 156 Å². The van der Waals surface area contributed by atoms with Gasteiger partial charge in [0.2, 0.25) is 11.8 Å². The molecule has 36 heteroatoms. The minimum absolute atomic E-state index is 0. The van der Waals surface area contributed by atoms with Gasteiger partial charge in [0.1, 0.15) is 37.4 Å². The van der Waals surface area contributed by atoms with Crippen molar-refractivity contribution in [3.8, 4) is 0 Å². The molecule has 36 nitrogen and oxygen atoms in total. The molecule has 0 radical (unpaired) electrons. The average Bonchev–Trinajstić information content (AvgIpc) is 1.76. The summed E-state index contributed by atoms with van der Waals surface area (Å²) in [6.07, 6.45) is 0.652. The van der Waals surface area contributed by atoms with Crippen LogP contribution in [0, 0.1) is 0 Å². The SMILES string of the molecule is C.C.C=C(C)C(=O)OCCNC(=O)C(CCCCNC(=O)OCCCCOC(=O)NCCCCC(NC(=O)OC)C(=O)NCCOC(=O)C(=C)C)NC(=O)OC.COC(=O)NC(CCCCNC(=O)OCCCCOC(=O)NCCCCC(NC(=O)OC)C(=O)O)C(=O)O. The Balaban J connectivity index is -0.000000894. The number of aliphatic carboxylic acids is 2. The van der Waals surface area contributed by atoms with Crippen LogP contribution in [0.25, 0.3) is 0 Å². The Hall–Kier alpha value is -9.54. The number of carboxylic acid groups (broad SMARTS) is 2. The fraction of sp³-hybridized carbons (Fsp3) is 0.690. The number of ether oxygens (including phenoxy) is 10. The third-order valence-electron chi connectivity index (χ3n) is 11.9. The van der Waals surface area contributed by atoms with Gasteiger partial charge in [0, 0.05) is 37.3 Å². The number of hydrogen-bond donors (Lipinski definition) is 12. The zero-order chi connectivity index (χ0) is 69.5. The molecule has 0 aromatic rings. The van der Waals surface area contributed by atoms with E-state index in [4.69, 9.17) is 38.6 Å². The van der Waals surface area contributed by atoms with Gasteiger partial charge in [-0.1, -0.05) is 28.0 Å². The van der Waals surface area contributed by atoms with E-state index in [0.717, 1.165) is 14.2 Å². The number of unbranched alkanes of at least 4 members (excludes halogenated alkanes) is 6. The number of esters is 2. The number of alkyl carbamates (subject to hydrolysis) is 8. The van der Waals surface area contributed by atoms with Gasteiger partial charge in [-0.05, 0) is 117 Å². The molecule has 0 saturated carbocycles. The standard InChI is InChI=1S/C34H56N6O14.C22H38N4O12.2CH4/c1-23(2)29(43)51-21-17-35-27(41)25(39-33(47)49-5)13-7-9-15-37-31(45)53-19-11-12-20-54-32(46)38-16-10-8-14-26(40-34(48)50-6)28(42)36-18-22-52-30(44)24(3)4;1-35-21(33)25-15(17(27)28)9-3-5-11-23-19(31)37-13-7-8-14-38-20(32)24-12-6-4-10-16(18(29)30)26-22(34)36-2;;/h25-26H,1,3,7-22H2,2,4-6H3,(H,35,41)(H,36,42)(H,37,45)(H,38,46)(H,39,47)(H,40,48);15-16H,3-14H2,1-2H3,(H,23,31)(H,24,32)(H,25,33)(H,26,34)(H,27,28)(H,29,30);2*1H4. The first-order valence-corrected chi connectivity index (χ1v) is 29.5.